The summed E-state index contributed by atoms with van der Waals surface area (Å²) in [5, 5.41) is 5.93. The molecular weight excluding hydrogens is 514 g/mol. The third kappa shape index (κ3) is 5.28. The molecule has 0 aliphatic carbocycles. The second kappa shape index (κ2) is 9.64. The van der Waals surface area contributed by atoms with Crippen LogP contribution in [0, 0.1) is 11.6 Å². The van der Waals surface area contributed by atoms with E-state index in [1.165, 1.54) is 10.8 Å². The number of halogens is 2. The van der Waals surface area contributed by atoms with Gasteiger partial charge in [0.25, 0.3) is 0 Å². The van der Waals surface area contributed by atoms with E-state index in [0.29, 0.717) is 12.5 Å². The minimum absolute atomic E-state index is 0.0589. The number of benzene rings is 2. The van der Waals surface area contributed by atoms with Crippen molar-refractivity contribution in [3.05, 3.63) is 84.3 Å². The maximum absolute atomic E-state index is 15.0. The first-order valence-corrected chi connectivity index (χ1v) is 13.4. The highest BCUT2D eigenvalue weighted by molar-refractivity contribution is 7.92. The number of fused-ring (bicyclic) bond motifs is 1. The van der Waals surface area contributed by atoms with Gasteiger partial charge in [0, 0.05) is 31.2 Å². The van der Waals surface area contributed by atoms with E-state index in [9.17, 15) is 22.0 Å². The Bertz CT molecular complexity index is 1680. The molecule has 3 heterocycles. The highest BCUT2D eigenvalue weighted by Gasteiger charge is 2.32. The molecule has 8 nitrogen and oxygen atoms in total. The van der Waals surface area contributed by atoms with Gasteiger partial charge in [-0.15, -0.1) is 0 Å². The van der Waals surface area contributed by atoms with Crippen molar-refractivity contribution in [3.63, 3.8) is 0 Å². The summed E-state index contributed by atoms with van der Waals surface area (Å²) in [5.74, 6) is -3.45. The lowest BCUT2D eigenvalue weighted by atomic mass is 10.0. The molecule has 4 aromatic rings. The van der Waals surface area contributed by atoms with Crippen LogP contribution in [-0.4, -0.2) is 41.1 Å². The minimum Gasteiger partial charge on any atom is -0.388 e. The van der Waals surface area contributed by atoms with E-state index in [1.807, 2.05) is 36.4 Å². The average Bonchev–Trinajstić information content (AvgIpc) is 3.39. The summed E-state index contributed by atoms with van der Waals surface area (Å²) >= 11 is 0. The van der Waals surface area contributed by atoms with Crippen LogP contribution in [0.15, 0.2) is 77.2 Å². The van der Waals surface area contributed by atoms with Gasteiger partial charge in [0.05, 0.1) is 22.2 Å². The van der Waals surface area contributed by atoms with Crippen LogP contribution in [-0.2, 0) is 26.0 Å². The fourth-order valence-electron chi connectivity index (χ4n) is 4.41. The first-order chi connectivity index (χ1) is 18.0. The lowest BCUT2D eigenvalue weighted by Gasteiger charge is -2.13. The molecular formula is C27H24F2N4O4S. The summed E-state index contributed by atoms with van der Waals surface area (Å²) in [5.41, 5.74) is 1.99. The third-order valence-corrected chi connectivity index (χ3v) is 7.70. The van der Waals surface area contributed by atoms with E-state index in [0.717, 1.165) is 22.8 Å². The normalized spacial score (nSPS) is 14.8. The number of rotatable bonds is 6. The summed E-state index contributed by atoms with van der Waals surface area (Å²) in [4.78, 5) is 21.5. The number of nitrogens with zero attached hydrogens (tertiary/aromatic N) is 3. The number of nitrogens with one attached hydrogen (secondary N) is 1. The van der Waals surface area contributed by atoms with Crippen molar-refractivity contribution in [2.75, 3.05) is 5.75 Å². The van der Waals surface area contributed by atoms with Gasteiger partial charge in [-0.2, -0.15) is 0 Å². The number of amidine groups is 1. The van der Waals surface area contributed by atoms with E-state index in [4.69, 9.17) is 4.84 Å². The monoisotopic (exact) mass is 538 g/mol. The standard InChI is InChI=1S/C27H24F2N4O4S/c1-27(2)12-24(32-37-27)31-25(34)16-38(35,36)23-15-33(22-11-20(28)10-21(29)26(22)23)14-17-5-3-6-18(9-17)19-7-4-8-30-13-19/h3-11,13,15H,12,14,16H2,1-2H3,(H,31,32,34). The first-order valence-electron chi connectivity index (χ1n) is 11.8. The van der Waals surface area contributed by atoms with E-state index in [1.54, 1.807) is 26.2 Å². The fourth-order valence-corrected chi connectivity index (χ4v) is 5.79. The summed E-state index contributed by atoms with van der Waals surface area (Å²) in [6, 6.07) is 12.9. The second-order valence-electron chi connectivity index (χ2n) is 9.72. The molecule has 38 heavy (non-hydrogen) atoms. The Labute approximate surface area is 217 Å². The Morgan fingerprint density at radius 1 is 1.13 bits per heavy atom. The van der Waals surface area contributed by atoms with E-state index >= 15 is 0 Å². The highest BCUT2D eigenvalue weighted by atomic mass is 32.2. The van der Waals surface area contributed by atoms with Crippen LogP contribution in [0.4, 0.5) is 8.78 Å². The number of hydrogen-bond acceptors (Lipinski definition) is 6. The molecule has 0 bridgehead atoms. The van der Waals surface area contributed by atoms with Crippen LogP contribution in [0.3, 0.4) is 0 Å². The van der Waals surface area contributed by atoms with Gasteiger partial charge < -0.3 is 14.7 Å². The molecule has 0 radical (unpaired) electrons. The van der Waals surface area contributed by atoms with Crippen LogP contribution in [0.5, 0.6) is 0 Å². The molecule has 196 valence electrons. The van der Waals surface area contributed by atoms with Crippen LogP contribution in [0.2, 0.25) is 0 Å². The largest absolute Gasteiger partial charge is 0.388 e. The highest BCUT2D eigenvalue weighted by Crippen LogP contribution is 2.31. The molecule has 1 aliphatic rings. The Balaban J connectivity index is 1.47. The van der Waals surface area contributed by atoms with E-state index in [-0.39, 0.29) is 23.3 Å². The van der Waals surface area contributed by atoms with Crippen molar-refractivity contribution in [1.29, 1.82) is 0 Å². The summed E-state index contributed by atoms with van der Waals surface area (Å²) in [6.45, 7) is 3.68. The number of carbonyl (C=O) groups excluding carboxylic acids is 1. The molecule has 11 heteroatoms. The van der Waals surface area contributed by atoms with E-state index in [2.05, 4.69) is 15.5 Å². The predicted molar refractivity (Wildman–Crippen MR) is 138 cm³/mol. The van der Waals surface area contributed by atoms with E-state index < -0.39 is 43.6 Å². The smallest absolute Gasteiger partial charge is 0.240 e. The SMILES string of the molecule is CC1(C)CC(NC(=O)CS(=O)(=O)c2cn(Cc3cccc(-c4cccnc4)c3)c3cc(F)cc(F)c23)=NO1. The van der Waals surface area contributed by atoms with Crippen molar-refractivity contribution in [3.8, 4) is 11.1 Å². The van der Waals surface area contributed by atoms with Crippen LogP contribution < -0.4 is 5.32 Å². The van der Waals surface area contributed by atoms with Crippen LogP contribution >= 0.6 is 0 Å². The molecule has 0 fully saturated rings. The van der Waals surface area contributed by atoms with Gasteiger partial charge in [0.1, 0.15) is 23.0 Å². The maximum atomic E-state index is 15.0. The van der Waals surface area contributed by atoms with Gasteiger partial charge in [0.15, 0.2) is 15.7 Å². The molecule has 0 spiro atoms. The van der Waals surface area contributed by atoms with Gasteiger partial charge in [-0.05, 0) is 48.7 Å². The molecule has 0 saturated carbocycles. The summed E-state index contributed by atoms with van der Waals surface area (Å²) < 4.78 is 57.2. The van der Waals surface area contributed by atoms with Gasteiger partial charge >= 0.3 is 0 Å². The lowest BCUT2D eigenvalue weighted by Crippen LogP contribution is -2.36. The number of carbonyl (C=O) groups is 1. The molecule has 2 aromatic heterocycles. The van der Waals surface area contributed by atoms with Crippen molar-refractivity contribution in [2.24, 2.45) is 5.16 Å². The van der Waals surface area contributed by atoms with Crippen LogP contribution in [0.25, 0.3) is 22.0 Å². The zero-order valence-electron chi connectivity index (χ0n) is 20.6. The lowest BCUT2D eigenvalue weighted by molar-refractivity contribution is -0.117. The summed E-state index contributed by atoms with van der Waals surface area (Å²) in [7, 11) is -4.31. The van der Waals surface area contributed by atoms with Crippen molar-refractivity contribution < 1.29 is 26.8 Å². The first kappa shape index (κ1) is 25.5. The topological polar surface area (TPSA) is 103 Å². The summed E-state index contributed by atoms with van der Waals surface area (Å²) in [6.07, 6.45) is 4.92. The zero-order chi connectivity index (χ0) is 27.1. The molecule has 0 unspecified atom stereocenters. The minimum atomic E-state index is -4.31. The average molecular weight is 539 g/mol. The molecule has 1 amide bonds. The second-order valence-corrected chi connectivity index (χ2v) is 11.7. The van der Waals surface area contributed by atoms with Gasteiger partial charge in [-0.1, -0.05) is 29.4 Å². The number of hydrogen-bond donors (Lipinski definition) is 1. The van der Waals surface area contributed by atoms with Gasteiger partial charge in [-0.3, -0.25) is 9.78 Å². The van der Waals surface area contributed by atoms with Crippen molar-refractivity contribution in [1.82, 2.24) is 14.9 Å². The predicted octanol–water partition coefficient (Wildman–Crippen LogP) is 4.43. The Morgan fingerprint density at radius 3 is 2.63 bits per heavy atom. The van der Waals surface area contributed by atoms with Gasteiger partial charge in [-0.25, -0.2) is 17.2 Å². The van der Waals surface area contributed by atoms with Crippen molar-refractivity contribution in [2.45, 2.75) is 37.3 Å². The molecule has 1 N–H and O–H groups in total. The molecule has 2 aromatic carbocycles. The Hall–Kier alpha value is -4.12. The molecule has 0 atom stereocenters. The van der Waals surface area contributed by atoms with Gasteiger partial charge in [0.2, 0.25) is 5.91 Å². The number of sulfone groups is 1. The van der Waals surface area contributed by atoms with Crippen LogP contribution in [0.1, 0.15) is 25.8 Å². The molecule has 5 rings (SSSR count). The number of aromatic nitrogens is 2. The third-order valence-electron chi connectivity index (χ3n) is 6.07. The fraction of sp³-hybridized carbons (Fsp3) is 0.222. The maximum Gasteiger partial charge on any atom is 0.240 e. The molecule has 1 aliphatic heterocycles. The number of oxime groups is 1. The number of pyridine rings is 1. The Kier molecular flexibility index (Phi) is 6.47. The Morgan fingerprint density at radius 2 is 1.92 bits per heavy atom. The van der Waals surface area contributed by atoms with Crippen molar-refractivity contribution >= 4 is 32.5 Å². The molecule has 0 saturated heterocycles. The zero-order valence-corrected chi connectivity index (χ0v) is 21.4. The number of amides is 1. The quantitative estimate of drug-likeness (QED) is 0.391.